The molecular formula is C34H40F4N6O8. The molecule has 52 heavy (non-hydrogen) atoms. The van der Waals surface area contributed by atoms with Gasteiger partial charge in [-0.3, -0.25) is 19.2 Å². The van der Waals surface area contributed by atoms with E-state index in [4.69, 9.17) is 14.2 Å². The number of halogens is 4. The number of hydrogen-bond acceptors (Lipinski definition) is 10. The van der Waals surface area contributed by atoms with Crippen molar-refractivity contribution < 1.29 is 55.6 Å². The van der Waals surface area contributed by atoms with Crippen molar-refractivity contribution in [2.75, 3.05) is 45.3 Å². The number of carbonyl (C=O) groups excluding carboxylic acids is 4. The van der Waals surface area contributed by atoms with E-state index >= 15 is 4.39 Å². The van der Waals surface area contributed by atoms with Crippen molar-refractivity contribution in [2.45, 2.75) is 81.8 Å². The van der Waals surface area contributed by atoms with Crippen LogP contribution in [0.2, 0.25) is 0 Å². The number of rotatable bonds is 10. The van der Waals surface area contributed by atoms with Crippen molar-refractivity contribution in [1.29, 1.82) is 0 Å². The fourth-order valence-electron chi connectivity index (χ4n) is 7.89. The van der Waals surface area contributed by atoms with Gasteiger partial charge in [0.2, 0.25) is 17.7 Å². The molecule has 3 aliphatic heterocycles. The fraction of sp³-hybridized carbons (Fsp3) is 0.647. The van der Waals surface area contributed by atoms with Gasteiger partial charge in [0.15, 0.2) is 11.8 Å². The number of nitrogens with one attached hydrogen (secondary N) is 2. The molecule has 4 amide bonds. The molecule has 2 N–H and O–H groups in total. The first kappa shape index (κ1) is 36.1. The molecule has 2 aliphatic carbocycles. The van der Waals surface area contributed by atoms with Crippen LogP contribution < -0.4 is 15.4 Å². The number of nitrogens with zero attached hydrogens (tertiary/aromatic N) is 4. The van der Waals surface area contributed by atoms with E-state index in [1.807, 2.05) is 0 Å². The van der Waals surface area contributed by atoms with Crippen LogP contribution in [0.5, 0.6) is 5.75 Å². The molecule has 2 unspecified atom stereocenters. The lowest BCUT2D eigenvalue weighted by atomic mass is 9.79. The summed E-state index contributed by atoms with van der Waals surface area (Å²) in [5.74, 6) is -2.87. The number of anilines is 1. The molecule has 7 rings (SSSR count). The highest BCUT2D eigenvalue weighted by Crippen LogP contribution is 2.52. The molecule has 18 heteroatoms. The zero-order chi connectivity index (χ0) is 36.9. The smallest absolute Gasteiger partial charge is 0.416 e. The number of alkyl halides is 3. The molecule has 4 fully saturated rings. The van der Waals surface area contributed by atoms with Crippen LogP contribution in [-0.2, 0) is 23.9 Å². The van der Waals surface area contributed by atoms with Gasteiger partial charge in [0.1, 0.15) is 42.1 Å². The van der Waals surface area contributed by atoms with E-state index in [1.165, 1.54) is 20.1 Å². The summed E-state index contributed by atoms with van der Waals surface area (Å²) in [5, 5.41) is 12.7. The van der Waals surface area contributed by atoms with Gasteiger partial charge in [-0.1, -0.05) is 5.16 Å². The number of aryl methyl sites for hydroxylation is 1. The normalized spacial score (nSPS) is 23.6. The lowest BCUT2D eigenvalue weighted by Crippen LogP contribution is -2.57. The quantitative estimate of drug-likeness (QED) is 0.346. The number of morpholine rings is 1. The summed E-state index contributed by atoms with van der Waals surface area (Å²) in [5.41, 5.74) is -0.994. The fourth-order valence-corrected chi connectivity index (χ4v) is 7.89. The molecule has 0 radical (unpaired) electrons. The molecule has 2 aromatic rings. The topological polar surface area (TPSA) is 165 Å². The Hall–Kier alpha value is -4.32. The summed E-state index contributed by atoms with van der Waals surface area (Å²) < 4.78 is 78.5. The lowest BCUT2D eigenvalue weighted by molar-refractivity contribution is -0.238. The van der Waals surface area contributed by atoms with Gasteiger partial charge >= 0.3 is 6.18 Å². The molecule has 3 atom stereocenters. The largest absolute Gasteiger partial charge is 0.487 e. The standard InChI is InChI=1S/C34H40F4N6O8/c1-17-29(42-52-41-17)31(47)40-30(28(18-3-4-18)19-5-6-19)32(48)39-22-12-24-20(11-21(22)35)23(44-14-25(34(36,37)38)50-16-27(44)46)13-33(51-24)7-9-43(10-8-33)26(45)15-49-2/h11-12,18-19,23,25,28,30H,3-10,13-16H2,1-2H3,(H,39,48)(H,40,47)/t23?,25?,30-/m0/s1. The summed E-state index contributed by atoms with van der Waals surface area (Å²) in [6.07, 6.45) is -2.84. The van der Waals surface area contributed by atoms with Crippen LogP contribution in [0.3, 0.4) is 0 Å². The molecule has 14 nitrogen and oxygen atoms in total. The number of amides is 4. The van der Waals surface area contributed by atoms with E-state index in [2.05, 4.69) is 25.6 Å². The lowest BCUT2D eigenvalue weighted by Gasteiger charge is -2.50. The molecule has 1 spiro atoms. The molecule has 1 aromatic heterocycles. The van der Waals surface area contributed by atoms with Crippen molar-refractivity contribution in [3.63, 3.8) is 0 Å². The van der Waals surface area contributed by atoms with Crippen molar-refractivity contribution in [3.8, 4) is 5.75 Å². The van der Waals surface area contributed by atoms with Crippen LogP contribution in [0, 0.1) is 30.5 Å². The van der Waals surface area contributed by atoms with Crippen molar-refractivity contribution in [2.24, 2.45) is 17.8 Å². The van der Waals surface area contributed by atoms with Gasteiger partial charge < -0.3 is 34.6 Å². The number of carbonyl (C=O) groups is 4. The summed E-state index contributed by atoms with van der Waals surface area (Å²) in [6, 6.07) is 0.283. The first-order valence-electron chi connectivity index (χ1n) is 17.4. The van der Waals surface area contributed by atoms with Gasteiger partial charge in [0.05, 0.1) is 18.3 Å². The Balaban J connectivity index is 1.20. The van der Waals surface area contributed by atoms with Crippen LogP contribution in [0.25, 0.3) is 0 Å². The SMILES string of the molecule is COCC(=O)N1CCC2(CC1)CC(N1CC(C(F)(F)F)OCC1=O)c1cc(F)c(NC(=O)[C@@H](NC(=O)c3nonc3C)C(C3CC3)C3CC3)cc1O2. The van der Waals surface area contributed by atoms with E-state index in [-0.39, 0.29) is 91.0 Å². The van der Waals surface area contributed by atoms with E-state index < -0.39 is 66.7 Å². The van der Waals surface area contributed by atoms with E-state index in [0.29, 0.717) is 0 Å². The second kappa shape index (κ2) is 13.9. The first-order valence-corrected chi connectivity index (χ1v) is 17.4. The monoisotopic (exact) mass is 736 g/mol. The number of benzene rings is 1. The Kier molecular flexibility index (Phi) is 9.65. The van der Waals surface area contributed by atoms with Crippen LogP contribution >= 0.6 is 0 Å². The predicted molar refractivity (Wildman–Crippen MR) is 170 cm³/mol. The minimum absolute atomic E-state index is 0.0443. The molecule has 0 bridgehead atoms. The zero-order valence-corrected chi connectivity index (χ0v) is 28.7. The molecule has 2 saturated heterocycles. The summed E-state index contributed by atoms with van der Waals surface area (Å²) >= 11 is 0. The van der Waals surface area contributed by atoms with Crippen molar-refractivity contribution in [1.82, 2.24) is 25.4 Å². The molecule has 2 saturated carbocycles. The van der Waals surface area contributed by atoms with Gasteiger partial charge in [-0.2, -0.15) is 13.2 Å². The van der Waals surface area contributed by atoms with Crippen LogP contribution in [0.15, 0.2) is 16.8 Å². The highest BCUT2D eigenvalue weighted by Gasteiger charge is 2.52. The van der Waals surface area contributed by atoms with Crippen molar-refractivity contribution in [3.05, 3.63) is 34.9 Å². The third kappa shape index (κ3) is 7.31. The number of methoxy groups -OCH3 is 1. The maximum atomic E-state index is 16.1. The Labute approximate surface area is 295 Å². The average molecular weight is 737 g/mol. The van der Waals surface area contributed by atoms with Gasteiger partial charge in [0.25, 0.3) is 5.91 Å². The van der Waals surface area contributed by atoms with E-state index in [0.717, 1.165) is 36.6 Å². The maximum Gasteiger partial charge on any atom is 0.416 e. The molecule has 282 valence electrons. The highest BCUT2D eigenvalue weighted by atomic mass is 19.4. The highest BCUT2D eigenvalue weighted by molar-refractivity contribution is 6.01. The molecule has 5 aliphatic rings. The van der Waals surface area contributed by atoms with Gasteiger partial charge in [-0.15, -0.1) is 0 Å². The summed E-state index contributed by atoms with van der Waals surface area (Å²) in [6.45, 7) is 0.317. The third-order valence-corrected chi connectivity index (χ3v) is 10.9. The minimum atomic E-state index is -4.75. The Morgan fingerprint density at radius 3 is 2.38 bits per heavy atom. The van der Waals surface area contributed by atoms with Crippen molar-refractivity contribution >= 4 is 29.3 Å². The maximum absolute atomic E-state index is 16.1. The average Bonchev–Trinajstić information content (AvgIpc) is 4.04. The minimum Gasteiger partial charge on any atom is -0.487 e. The zero-order valence-electron chi connectivity index (χ0n) is 28.7. The van der Waals surface area contributed by atoms with E-state index in [1.54, 1.807) is 4.90 Å². The Morgan fingerprint density at radius 1 is 1.10 bits per heavy atom. The molecular weight excluding hydrogens is 696 g/mol. The Bertz CT molecular complexity index is 1710. The number of hydrogen-bond donors (Lipinski definition) is 2. The van der Waals surface area contributed by atoms with Gasteiger partial charge in [0, 0.05) is 51.1 Å². The second-order valence-corrected chi connectivity index (χ2v) is 14.5. The molecule has 4 heterocycles. The number of piperidine rings is 1. The number of fused-ring (bicyclic) bond motifs is 1. The van der Waals surface area contributed by atoms with Crippen LogP contribution in [0.1, 0.15) is 72.7 Å². The Morgan fingerprint density at radius 2 is 1.79 bits per heavy atom. The van der Waals surface area contributed by atoms with Crippen LogP contribution in [0.4, 0.5) is 23.2 Å². The summed E-state index contributed by atoms with van der Waals surface area (Å²) in [7, 11) is 1.40. The van der Waals surface area contributed by atoms with Gasteiger partial charge in [-0.25, -0.2) is 9.02 Å². The predicted octanol–water partition coefficient (Wildman–Crippen LogP) is 3.31. The third-order valence-electron chi connectivity index (χ3n) is 10.9. The first-order chi connectivity index (χ1) is 24.8. The second-order valence-electron chi connectivity index (χ2n) is 14.5. The van der Waals surface area contributed by atoms with Gasteiger partial charge in [-0.05, 0) is 61.6 Å². The van der Waals surface area contributed by atoms with Crippen LogP contribution in [-0.4, -0.2) is 108 Å². The number of ether oxygens (including phenoxy) is 3. The number of aromatic nitrogens is 2. The van der Waals surface area contributed by atoms with E-state index in [9.17, 15) is 32.3 Å². The summed E-state index contributed by atoms with van der Waals surface area (Å²) in [4.78, 5) is 55.6. The number of likely N-dealkylation sites (tertiary alicyclic amines) is 1. The molecule has 1 aromatic carbocycles.